The van der Waals surface area contributed by atoms with Crippen LogP contribution in [0.15, 0.2) is 45.3 Å². The van der Waals surface area contributed by atoms with E-state index in [2.05, 4.69) is 50.2 Å². The molecule has 1 N–H and O–H groups in total. The minimum absolute atomic E-state index is 0.00414. The molecule has 0 radical (unpaired) electrons. The Morgan fingerprint density at radius 1 is 1.14 bits per heavy atom. The van der Waals surface area contributed by atoms with E-state index in [0.717, 1.165) is 32.4 Å². The summed E-state index contributed by atoms with van der Waals surface area (Å²) in [7, 11) is 1.67. The van der Waals surface area contributed by atoms with Crippen LogP contribution in [-0.2, 0) is 0 Å². The molecule has 0 fully saturated rings. The zero-order valence-electron chi connectivity index (χ0n) is 11.8. The van der Waals surface area contributed by atoms with Gasteiger partial charge in [0.25, 0.3) is 0 Å². The Morgan fingerprint density at radius 3 is 2.48 bits per heavy atom. The lowest BCUT2D eigenvalue weighted by molar-refractivity contribution is 0.401. The highest BCUT2D eigenvalue weighted by Crippen LogP contribution is 2.39. The van der Waals surface area contributed by atoms with Gasteiger partial charge in [0.1, 0.15) is 5.75 Å². The predicted molar refractivity (Wildman–Crippen MR) is 95.4 cm³/mol. The van der Waals surface area contributed by atoms with Crippen LogP contribution in [0.2, 0.25) is 5.02 Å². The Morgan fingerprint density at radius 2 is 1.86 bits per heavy atom. The standard InChI is InChI=1S/C16H16Br2ClNO/c1-3-20-15(11-6-4-5-7-13(11)17)12-8-10(19)9-14(18)16(12)21-2/h4-9,15,20H,3H2,1-2H3. The monoisotopic (exact) mass is 431 g/mol. The van der Waals surface area contributed by atoms with E-state index in [1.807, 2.05) is 30.3 Å². The van der Waals surface area contributed by atoms with Gasteiger partial charge in [0.15, 0.2) is 0 Å². The smallest absolute Gasteiger partial charge is 0.138 e. The lowest BCUT2D eigenvalue weighted by Crippen LogP contribution is -2.23. The van der Waals surface area contributed by atoms with Crippen LogP contribution in [0.5, 0.6) is 5.75 Å². The third-order valence-corrected chi connectivity index (χ3v) is 4.71. The fraction of sp³-hybridized carbons (Fsp3) is 0.250. The number of nitrogens with one attached hydrogen (secondary N) is 1. The van der Waals surface area contributed by atoms with Crippen molar-refractivity contribution in [2.24, 2.45) is 0 Å². The lowest BCUT2D eigenvalue weighted by Gasteiger charge is -2.23. The lowest BCUT2D eigenvalue weighted by atomic mass is 9.97. The maximum Gasteiger partial charge on any atom is 0.138 e. The van der Waals surface area contributed by atoms with E-state index in [1.54, 1.807) is 7.11 Å². The molecule has 5 heteroatoms. The van der Waals surface area contributed by atoms with Gasteiger partial charge in [-0.3, -0.25) is 0 Å². The van der Waals surface area contributed by atoms with Crippen molar-refractivity contribution in [3.8, 4) is 5.75 Å². The van der Waals surface area contributed by atoms with Gasteiger partial charge in [0.05, 0.1) is 17.6 Å². The van der Waals surface area contributed by atoms with Crippen molar-refractivity contribution in [1.29, 1.82) is 0 Å². The van der Waals surface area contributed by atoms with Crippen LogP contribution < -0.4 is 10.1 Å². The fourth-order valence-corrected chi connectivity index (χ4v) is 3.82. The minimum atomic E-state index is -0.00414. The highest BCUT2D eigenvalue weighted by molar-refractivity contribution is 9.10. The molecule has 112 valence electrons. The van der Waals surface area contributed by atoms with Gasteiger partial charge in [-0.25, -0.2) is 0 Å². The first kappa shape index (κ1) is 16.8. The van der Waals surface area contributed by atoms with Crippen LogP contribution >= 0.6 is 43.5 Å². The van der Waals surface area contributed by atoms with Crippen molar-refractivity contribution >= 4 is 43.5 Å². The van der Waals surface area contributed by atoms with Crippen molar-refractivity contribution in [2.75, 3.05) is 13.7 Å². The van der Waals surface area contributed by atoms with Crippen LogP contribution in [0.25, 0.3) is 0 Å². The molecule has 0 amide bonds. The Hall–Kier alpha value is -0.550. The quantitative estimate of drug-likeness (QED) is 0.665. The van der Waals surface area contributed by atoms with Gasteiger partial charge < -0.3 is 10.1 Å². The first-order valence-corrected chi connectivity index (χ1v) is 8.55. The molecule has 21 heavy (non-hydrogen) atoms. The van der Waals surface area contributed by atoms with Gasteiger partial charge in [-0.1, -0.05) is 52.7 Å². The van der Waals surface area contributed by atoms with Crippen LogP contribution in [0.1, 0.15) is 24.1 Å². The molecule has 0 aromatic heterocycles. The summed E-state index contributed by atoms with van der Waals surface area (Å²) >= 11 is 13.4. The highest BCUT2D eigenvalue weighted by Gasteiger charge is 2.21. The van der Waals surface area contributed by atoms with Crippen LogP contribution in [0.4, 0.5) is 0 Å². The number of rotatable bonds is 5. The molecule has 2 aromatic rings. The SMILES string of the molecule is CCNC(c1ccccc1Br)c1cc(Cl)cc(Br)c1OC. The minimum Gasteiger partial charge on any atom is -0.495 e. The van der Waals surface area contributed by atoms with E-state index in [4.69, 9.17) is 16.3 Å². The summed E-state index contributed by atoms with van der Waals surface area (Å²) in [6.07, 6.45) is 0. The molecule has 0 saturated carbocycles. The molecule has 0 spiro atoms. The summed E-state index contributed by atoms with van der Waals surface area (Å²) in [6, 6.07) is 11.9. The first-order valence-electron chi connectivity index (χ1n) is 6.59. The molecule has 0 heterocycles. The van der Waals surface area contributed by atoms with Gasteiger partial charge in [0.2, 0.25) is 0 Å². The molecular weight excluding hydrogens is 417 g/mol. The maximum atomic E-state index is 6.23. The maximum absolute atomic E-state index is 6.23. The number of hydrogen-bond donors (Lipinski definition) is 1. The zero-order valence-corrected chi connectivity index (χ0v) is 15.7. The second kappa shape index (κ2) is 7.63. The first-order chi connectivity index (χ1) is 10.1. The largest absolute Gasteiger partial charge is 0.495 e. The molecule has 0 aliphatic rings. The Balaban J connectivity index is 2.61. The van der Waals surface area contributed by atoms with Crippen molar-refractivity contribution in [3.05, 3.63) is 61.5 Å². The van der Waals surface area contributed by atoms with E-state index in [-0.39, 0.29) is 6.04 Å². The number of ether oxygens (including phenoxy) is 1. The molecule has 0 bridgehead atoms. The fourth-order valence-electron chi connectivity index (χ4n) is 2.31. The number of halogens is 3. The third kappa shape index (κ3) is 3.81. The predicted octanol–water partition coefficient (Wildman–Crippen LogP) is 5.57. The van der Waals surface area contributed by atoms with E-state index < -0.39 is 0 Å². The average molecular weight is 434 g/mol. The van der Waals surface area contributed by atoms with Gasteiger partial charge in [-0.15, -0.1) is 0 Å². The van der Waals surface area contributed by atoms with Crippen molar-refractivity contribution in [2.45, 2.75) is 13.0 Å². The molecule has 0 saturated heterocycles. The van der Waals surface area contributed by atoms with Gasteiger partial charge >= 0.3 is 0 Å². The molecule has 0 aliphatic carbocycles. The second-order valence-corrected chi connectivity index (χ2v) is 6.67. The van der Waals surface area contributed by atoms with E-state index >= 15 is 0 Å². The van der Waals surface area contributed by atoms with Crippen molar-refractivity contribution in [1.82, 2.24) is 5.32 Å². The summed E-state index contributed by atoms with van der Waals surface area (Å²) in [6.45, 7) is 2.91. The average Bonchev–Trinajstić information content (AvgIpc) is 2.45. The summed E-state index contributed by atoms with van der Waals surface area (Å²) < 4.78 is 7.46. The molecule has 2 rings (SSSR count). The molecule has 2 nitrogen and oxygen atoms in total. The van der Waals surface area contributed by atoms with Crippen LogP contribution in [0, 0.1) is 0 Å². The Labute approximate surface area is 147 Å². The highest BCUT2D eigenvalue weighted by atomic mass is 79.9. The molecule has 0 aliphatic heterocycles. The van der Waals surface area contributed by atoms with E-state index in [1.165, 1.54) is 0 Å². The summed E-state index contributed by atoms with van der Waals surface area (Å²) in [5, 5.41) is 4.17. The third-order valence-electron chi connectivity index (χ3n) is 3.18. The van der Waals surface area contributed by atoms with Crippen LogP contribution in [0.3, 0.4) is 0 Å². The molecule has 1 unspecified atom stereocenters. The normalized spacial score (nSPS) is 12.2. The molecular formula is C16H16Br2ClNO. The van der Waals surface area contributed by atoms with Crippen molar-refractivity contribution in [3.63, 3.8) is 0 Å². The van der Waals surface area contributed by atoms with Crippen LogP contribution in [-0.4, -0.2) is 13.7 Å². The second-order valence-electron chi connectivity index (χ2n) is 4.52. The van der Waals surface area contributed by atoms with E-state index in [0.29, 0.717) is 5.02 Å². The van der Waals surface area contributed by atoms with E-state index in [9.17, 15) is 0 Å². The van der Waals surface area contributed by atoms with Crippen molar-refractivity contribution < 1.29 is 4.74 Å². The number of hydrogen-bond acceptors (Lipinski definition) is 2. The van der Waals surface area contributed by atoms with Gasteiger partial charge in [-0.05, 0) is 46.2 Å². The molecule has 1 atom stereocenters. The number of methoxy groups -OCH3 is 1. The molecule has 2 aromatic carbocycles. The number of benzene rings is 2. The van der Waals surface area contributed by atoms with Gasteiger partial charge in [-0.2, -0.15) is 0 Å². The van der Waals surface area contributed by atoms with Gasteiger partial charge in [0, 0.05) is 15.1 Å². The Bertz CT molecular complexity index is 634. The zero-order chi connectivity index (χ0) is 15.4. The summed E-state index contributed by atoms with van der Waals surface area (Å²) in [5.74, 6) is 0.793. The topological polar surface area (TPSA) is 21.3 Å². The summed E-state index contributed by atoms with van der Waals surface area (Å²) in [4.78, 5) is 0. The Kier molecular flexibility index (Phi) is 6.11. The summed E-state index contributed by atoms with van der Waals surface area (Å²) in [5.41, 5.74) is 2.15.